The van der Waals surface area contributed by atoms with Crippen molar-refractivity contribution in [3.8, 4) is 0 Å². The van der Waals surface area contributed by atoms with Crippen molar-refractivity contribution in [2.24, 2.45) is 0 Å². The average molecular weight is 357 g/mol. The highest BCUT2D eigenvalue weighted by atomic mass is 28.4. The number of nitrogens with zero attached hydrogens (tertiary/aromatic N) is 1. The molecule has 1 atom stereocenters. The van der Waals surface area contributed by atoms with Gasteiger partial charge in [0.05, 0.1) is 13.0 Å². The minimum Gasteiger partial charge on any atom is -0.466 e. The molecular formula is C17H28FNO4Si. The van der Waals surface area contributed by atoms with E-state index in [0.717, 1.165) is 0 Å². The molecule has 0 aliphatic heterocycles. The fraction of sp³-hybridized carbons (Fsp3) is 0.647. The van der Waals surface area contributed by atoms with Gasteiger partial charge in [-0.1, -0.05) is 20.8 Å². The molecular weight excluding hydrogens is 329 g/mol. The van der Waals surface area contributed by atoms with Gasteiger partial charge in [-0.3, -0.25) is 4.79 Å². The van der Waals surface area contributed by atoms with Crippen LogP contribution in [-0.4, -0.2) is 32.0 Å². The summed E-state index contributed by atoms with van der Waals surface area (Å²) in [7, 11) is -2.27. The van der Waals surface area contributed by atoms with Gasteiger partial charge in [0.1, 0.15) is 23.9 Å². The van der Waals surface area contributed by atoms with E-state index in [2.05, 4.69) is 25.8 Å². The van der Waals surface area contributed by atoms with E-state index in [4.69, 9.17) is 13.6 Å². The predicted molar refractivity (Wildman–Crippen MR) is 93.6 cm³/mol. The number of carbonyl (C=O) groups is 1. The third-order valence-electron chi connectivity index (χ3n) is 4.13. The van der Waals surface area contributed by atoms with Gasteiger partial charge in [-0.15, -0.1) is 0 Å². The summed E-state index contributed by atoms with van der Waals surface area (Å²) in [5, 5.41) is -0.106. The molecule has 0 aromatic carbocycles. The largest absolute Gasteiger partial charge is 0.466 e. The first kappa shape index (κ1) is 20.6. The highest BCUT2D eigenvalue weighted by molar-refractivity contribution is 6.74. The number of halogens is 1. The van der Waals surface area contributed by atoms with Gasteiger partial charge >= 0.3 is 5.97 Å². The Morgan fingerprint density at radius 1 is 1.46 bits per heavy atom. The van der Waals surface area contributed by atoms with Gasteiger partial charge in [-0.05, 0) is 25.1 Å². The van der Waals surface area contributed by atoms with Crippen LogP contribution in [0.4, 0.5) is 4.39 Å². The van der Waals surface area contributed by atoms with Crippen LogP contribution in [0.15, 0.2) is 16.5 Å². The first-order chi connectivity index (χ1) is 11.0. The lowest BCUT2D eigenvalue weighted by Gasteiger charge is -2.38. The molecule has 0 radical (unpaired) electrons. The molecule has 0 spiro atoms. The topological polar surface area (TPSA) is 61.6 Å². The van der Waals surface area contributed by atoms with Crippen LogP contribution in [0.2, 0.25) is 18.1 Å². The van der Waals surface area contributed by atoms with E-state index >= 15 is 0 Å². The summed E-state index contributed by atoms with van der Waals surface area (Å²) >= 11 is 0. The van der Waals surface area contributed by atoms with Crippen LogP contribution < -0.4 is 0 Å². The van der Waals surface area contributed by atoms with Crippen molar-refractivity contribution in [2.45, 2.75) is 65.3 Å². The lowest BCUT2D eigenvalue weighted by Crippen LogP contribution is -2.44. The van der Waals surface area contributed by atoms with Gasteiger partial charge in [-0.25, -0.2) is 9.37 Å². The highest BCUT2D eigenvalue weighted by Gasteiger charge is 2.40. The fourth-order valence-electron chi connectivity index (χ4n) is 1.78. The second-order valence-corrected chi connectivity index (χ2v) is 12.0. The van der Waals surface area contributed by atoms with Crippen LogP contribution in [0.3, 0.4) is 0 Å². The molecule has 0 saturated carbocycles. The molecule has 136 valence electrons. The summed E-state index contributed by atoms with van der Waals surface area (Å²) in [5.74, 6) is -0.594. The van der Waals surface area contributed by atoms with Gasteiger partial charge in [0.15, 0.2) is 14.2 Å². The quantitative estimate of drug-likeness (QED) is 0.525. The summed E-state index contributed by atoms with van der Waals surface area (Å²) < 4.78 is 30.9. The molecule has 1 rings (SSSR count). The molecule has 7 heteroatoms. The Morgan fingerprint density at radius 2 is 2.08 bits per heavy atom. The van der Waals surface area contributed by atoms with Gasteiger partial charge in [-0.2, -0.15) is 0 Å². The van der Waals surface area contributed by atoms with E-state index < -0.39 is 26.2 Å². The van der Waals surface area contributed by atoms with Gasteiger partial charge < -0.3 is 13.6 Å². The first-order valence-electron chi connectivity index (χ1n) is 8.09. The minimum atomic E-state index is -2.27. The predicted octanol–water partition coefficient (Wildman–Crippen LogP) is 4.64. The number of esters is 1. The summed E-state index contributed by atoms with van der Waals surface area (Å²) in [6.07, 6.45) is 1.46. The van der Waals surface area contributed by atoms with Crippen LogP contribution in [0.5, 0.6) is 0 Å². The van der Waals surface area contributed by atoms with Crippen molar-refractivity contribution in [2.75, 3.05) is 6.61 Å². The molecule has 0 saturated heterocycles. The molecule has 5 nitrogen and oxygen atoms in total. The summed E-state index contributed by atoms with van der Waals surface area (Å²) in [4.78, 5) is 15.9. The van der Waals surface area contributed by atoms with E-state index in [1.165, 1.54) is 12.3 Å². The van der Waals surface area contributed by atoms with E-state index in [1.54, 1.807) is 13.8 Å². The van der Waals surface area contributed by atoms with Crippen LogP contribution in [0.1, 0.15) is 45.7 Å². The number of hydrogen-bond acceptors (Lipinski definition) is 5. The normalized spacial score (nSPS) is 14.6. The van der Waals surface area contributed by atoms with Crippen molar-refractivity contribution in [3.05, 3.63) is 23.7 Å². The lowest BCUT2D eigenvalue weighted by molar-refractivity contribution is -0.144. The molecule has 1 aromatic rings. The molecule has 1 heterocycles. The monoisotopic (exact) mass is 357 g/mol. The maximum absolute atomic E-state index is 14.8. The number of ether oxygens (including phenoxy) is 1. The fourth-order valence-corrected chi connectivity index (χ4v) is 3.04. The smallest absolute Gasteiger partial charge is 0.308 e. The Labute approximate surface area is 144 Å². The SMILES string of the molecule is CCOC(=O)C[C@H](O[Si](C)(C)C(C)(C)C)C(F)=Cc1coc(C)n1. The zero-order chi connectivity index (χ0) is 18.5. The maximum Gasteiger partial charge on any atom is 0.308 e. The van der Waals surface area contributed by atoms with Crippen molar-refractivity contribution < 1.29 is 22.8 Å². The maximum atomic E-state index is 14.8. The molecule has 24 heavy (non-hydrogen) atoms. The second kappa shape index (κ2) is 8.07. The van der Waals surface area contributed by atoms with Crippen molar-refractivity contribution in [3.63, 3.8) is 0 Å². The summed E-state index contributed by atoms with van der Waals surface area (Å²) in [5.41, 5.74) is 0.359. The standard InChI is InChI=1S/C17H28FNO4Si/c1-8-21-16(20)10-15(23-24(6,7)17(3,4)5)14(18)9-13-11-22-12(2)19-13/h9,11,15H,8,10H2,1-7H3/t15-/m0/s1. The zero-order valence-corrected chi connectivity index (χ0v) is 16.6. The molecule has 1 aromatic heterocycles. The van der Waals surface area contributed by atoms with Crippen molar-refractivity contribution >= 4 is 20.4 Å². The van der Waals surface area contributed by atoms with E-state index in [-0.39, 0.29) is 18.1 Å². The Hall–Kier alpha value is -1.47. The van der Waals surface area contributed by atoms with Gasteiger partial charge in [0.25, 0.3) is 0 Å². The Bertz CT molecular complexity index is 590. The van der Waals surface area contributed by atoms with Crippen LogP contribution in [0.25, 0.3) is 6.08 Å². The van der Waals surface area contributed by atoms with E-state index in [9.17, 15) is 9.18 Å². The minimum absolute atomic E-state index is 0.106. The Morgan fingerprint density at radius 3 is 2.54 bits per heavy atom. The first-order valence-corrected chi connectivity index (χ1v) is 11.0. The number of hydrogen-bond donors (Lipinski definition) is 0. The second-order valence-electron chi connectivity index (χ2n) is 7.20. The van der Waals surface area contributed by atoms with E-state index in [0.29, 0.717) is 11.6 Å². The Kier molecular flexibility index (Phi) is 6.92. The van der Waals surface area contributed by atoms with Crippen molar-refractivity contribution in [1.82, 2.24) is 4.98 Å². The molecule has 0 unspecified atom stereocenters. The molecule has 0 bridgehead atoms. The van der Waals surface area contributed by atoms with Gasteiger partial charge in [0, 0.05) is 13.0 Å². The molecule has 0 aliphatic carbocycles. The van der Waals surface area contributed by atoms with E-state index in [1.807, 2.05) is 13.1 Å². The number of aromatic nitrogens is 1. The average Bonchev–Trinajstić information content (AvgIpc) is 2.82. The third kappa shape index (κ3) is 5.87. The van der Waals surface area contributed by atoms with Crippen LogP contribution >= 0.6 is 0 Å². The Balaban J connectivity index is 3.04. The molecule has 0 fully saturated rings. The number of aryl methyl sites for hydroxylation is 1. The highest BCUT2D eigenvalue weighted by Crippen LogP contribution is 2.38. The van der Waals surface area contributed by atoms with Crippen molar-refractivity contribution in [1.29, 1.82) is 0 Å². The molecule has 0 amide bonds. The number of carbonyl (C=O) groups excluding carboxylic acids is 1. The summed E-state index contributed by atoms with van der Waals surface area (Å²) in [6, 6.07) is 0. The van der Waals surface area contributed by atoms with Gasteiger partial charge in [0.2, 0.25) is 0 Å². The summed E-state index contributed by atoms with van der Waals surface area (Å²) in [6.45, 7) is 13.8. The van der Waals surface area contributed by atoms with Crippen LogP contribution in [-0.2, 0) is 14.0 Å². The third-order valence-corrected chi connectivity index (χ3v) is 8.62. The molecule has 0 N–H and O–H groups in total. The molecule has 0 aliphatic rings. The van der Waals surface area contributed by atoms with Crippen LogP contribution in [0, 0.1) is 6.92 Å². The lowest BCUT2D eigenvalue weighted by atomic mass is 10.2. The zero-order valence-electron chi connectivity index (χ0n) is 15.6. The number of rotatable bonds is 7. The number of oxazole rings is 1.